The van der Waals surface area contributed by atoms with E-state index in [1.807, 2.05) is 55.6 Å². The molecule has 0 aliphatic rings. The van der Waals surface area contributed by atoms with Gasteiger partial charge < -0.3 is 5.32 Å². The third kappa shape index (κ3) is 5.41. The lowest BCUT2D eigenvalue weighted by molar-refractivity contribution is 0.0956. The van der Waals surface area contributed by atoms with Gasteiger partial charge in [-0.3, -0.25) is 9.89 Å². The van der Waals surface area contributed by atoms with Crippen LogP contribution < -0.4 is 5.32 Å². The van der Waals surface area contributed by atoms with E-state index in [9.17, 15) is 4.79 Å². The zero-order valence-corrected chi connectivity index (χ0v) is 17.7. The highest BCUT2D eigenvalue weighted by Crippen LogP contribution is 2.16. The van der Waals surface area contributed by atoms with Gasteiger partial charge in [0.2, 0.25) is 5.16 Å². The van der Waals surface area contributed by atoms with E-state index in [1.54, 1.807) is 23.0 Å². The standard InChI is InChI=1S/C23H20N6OS/c1-17-26-23(28-27-17)31-15-13-24-22(30)20-10-11-21(29-14-5-12-25-29)19(16-20)9-8-18-6-3-2-4-7-18/h2-7,10-12,14,16H,13,15H2,1H3,(H,24,30)(H,26,27,28). The number of aromatic nitrogens is 5. The Morgan fingerprint density at radius 2 is 2.03 bits per heavy atom. The summed E-state index contributed by atoms with van der Waals surface area (Å²) in [5.74, 6) is 7.64. The summed E-state index contributed by atoms with van der Waals surface area (Å²) in [4.78, 5) is 16.9. The van der Waals surface area contributed by atoms with Gasteiger partial charge in [-0.1, -0.05) is 41.8 Å². The minimum Gasteiger partial charge on any atom is -0.351 e. The second-order valence-electron chi connectivity index (χ2n) is 6.61. The molecule has 4 aromatic rings. The average Bonchev–Trinajstić information content (AvgIpc) is 3.47. The summed E-state index contributed by atoms with van der Waals surface area (Å²) in [6.07, 6.45) is 3.56. The van der Waals surface area contributed by atoms with Crippen LogP contribution >= 0.6 is 11.8 Å². The molecule has 7 nitrogen and oxygen atoms in total. The molecule has 0 aliphatic heterocycles. The second kappa shape index (κ2) is 9.78. The Morgan fingerprint density at radius 3 is 2.77 bits per heavy atom. The predicted octanol–water partition coefficient (Wildman–Crippen LogP) is 3.22. The molecule has 0 radical (unpaired) electrons. The number of hydrogen-bond donors (Lipinski definition) is 2. The zero-order chi connectivity index (χ0) is 21.5. The maximum absolute atomic E-state index is 12.7. The van der Waals surface area contributed by atoms with E-state index in [1.165, 1.54) is 11.8 Å². The molecular weight excluding hydrogens is 408 g/mol. The van der Waals surface area contributed by atoms with E-state index in [2.05, 4.69) is 37.4 Å². The third-order valence-corrected chi connectivity index (χ3v) is 5.17. The molecule has 2 N–H and O–H groups in total. The highest BCUT2D eigenvalue weighted by atomic mass is 32.2. The van der Waals surface area contributed by atoms with Crippen molar-refractivity contribution in [3.8, 4) is 17.5 Å². The van der Waals surface area contributed by atoms with E-state index >= 15 is 0 Å². The Bertz CT molecular complexity index is 1220. The number of benzene rings is 2. The topological polar surface area (TPSA) is 88.5 Å². The Balaban J connectivity index is 1.49. The van der Waals surface area contributed by atoms with Gasteiger partial charge >= 0.3 is 0 Å². The maximum Gasteiger partial charge on any atom is 0.251 e. The number of nitrogens with one attached hydrogen (secondary N) is 2. The van der Waals surface area contributed by atoms with Crippen molar-refractivity contribution >= 4 is 17.7 Å². The number of hydrogen-bond acceptors (Lipinski definition) is 5. The summed E-state index contributed by atoms with van der Waals surface area (Å²) in [5, 5.41) is 14.8. The van der Waals surface area contributed by atoms with Gasteiger partial charge in [0.1, 0.15) is 5.82 Å². The fourth-order valence-electron chi connectivity index (χ4n) is 2.85. The highest BCUT2D eigenvalue weighted by Gasteiger charge is 2.10. The van der Waals surface area contributed by atoms with Crippen LogP contribution in [0, 0.1) is 18.8 Å². The summed E-state index contributed by atoms with van der Waals surface area (Å²) >= 11 is 1.49. The molecule has 4 rings (SSSR count). The summed E-state index contributed by atoms with van der Waals surface area (Å²) in [6.45, 7) is 2.35. The van der Waals surface area contributed by atoms with Gasteiger partial charge in [-0.05, 0) is 43.3 Å². The van der Waals surface area contributed by atoms with Crippen molar-refractivity contribution in [3.05, 3.63) is 89.5 Å². The number of aryl methyl sites for hydroxylation is 1. The molecule has 0 spiro atoms. The van der Waals surface area contributed by atoms with Gasteiger partial charge in [-0.2, -0.15) is 5.10 Å². The molecule has 0 unspecified atom stereocenters. The highest BCUT2D eigenvalue weighted by molar-refractivity contribution is 7.99. The molecule has 2 aromatic carbocycles. The molecule has 2 aromatic heterocycles. The maximum atomic E-state index is 12.7. The van der Waals surface area contributed by atoms with Crippen LogP contribution in [0.2, 0.25) is 0 Å². The minimum absolute atomic E-state index is 0.151. The Labute approximate surface area is 184 Å². The normalized spacial score (nSPS) is 10.4. The summed E-state index contributed by atoms with van der Waals surface area (Å²) in [6, 6.07) is 17.0. The number of H-pyrrole nitrogens is 1. The van der Waals surface area contributed by atoms with Crippen LogP contribution in [0.3, 0.4) is 0 Å². The molecule has 31 heavy (non-hydrogen) atoms. The van der Waals surface area contributed by atoms with Crippen molar-refractivity contribution in [3.63, 3.8) is 0 Å². The predicted molar refractivity (Wildman–Crippen MR) is 120 cm³/mol. The van der Waals surface area contributed by atoms with E-state index in [4.69, 9.17) is 0 Å². The molecule has 0 saturated heterocycles. The van der Waals surface area contributed by atoms with Gasteiger partial charge in [-0.25, -0.2) is 9.67 Å². The fraction of sp³-hybridized carbons (Fsp3) is 0.130. The first kappa shape index (κ1) is 20.4. The Hall–Kier alpha value is -3.83. The number of aromatic amines is 1. The fourth-order valence-corrected chi connectivity index (χ4v) is 3.54. The number of rotatable bonds is 6. The number of nitrogens with zero attached hydrogens (tertiary/aromatic N) is 4. The first-order valence-electron chi connectivity index (χ1n) is 9.70. The monoisotopic (exact) mass is 428 g/mol. The number of carbonyl (C=O) groups excluding carboxylic acids is 1. The molecule has 154 valence electrons. The molecule has 8 heteroatoms. The van der Waals surface area contributed by atoms with Crippen LogP contribution in [0.25, 0.3) is 5.69 Å². The van der Waals surface area contributed by atoms with Crippen molar-refractivity contribution < 1.29 is 4.79 Å². The second-order valence-corrected chi connectivity index (χ2v) is 7.67. The lowest BCUT2D eigenvalue weighted by Crippen LogP contribution is -2.25. The SMILES string of the molecule is Cc1nc(SCCNC(=O)c2ccc(-n3cccn3)c(C#Cc3ccccc3)c2)n[nH]1. The molecule has 0 saturated carbocycles. The van der Waals surface area contributed by atoms with Crippen LogP contribution in [-0.4, -0.2) is 43.2 Å². The molecule has 0 bridgehead atoms. The Morgan fingerprint density at radius 1 is 1.16 bits per heavy atom. The summed E-state index contributed by atoms with van der Waals surface area (Å²) in [5.41, 5.74) is 3.00. The van der Waals surface area contributed by atoms with Crippen LogP contribution in [0.4, 0.5) is 0 Å². The van der Waals surface area contributed by atoms with Gasteiger partial charge in [-0.15, -0.1) is 5.10 Å². The van der Waals surface area contributed by atoms with Crippen LogP contribution in [0.15, 0.2) is 72.1 Å². The van der Waals surface area contributed by atoms with Crippen molar-refractivity contribution in [1.82, 2.24) is 30.3 Å². The van der Waals surface area contributed by atoms with Crippen LogP contribution in [0.5, 0.6) is 0 Å². The molecule has 1 amide bonds. The van der Waals surface area contributed by atoms with Crippen molar-refractivity contribution in [2.75, 3.05) is 12.3 Å². The smallest absolute Gasteiger partial charge is 0.251 e. The van der Waals surface area contributed by atoms with Crippen molar-refractivity contribution in [2.24, 2.45) is 0 Å². The molecule has 0 atom stereocenters. The van der Waals surface area contributed by atoms with Gasteiger partial charge in [0.25, 0.3) is 5.91 Å². The molecule has 2 heterocycles. The number of amides is 1. The van der Waals surface area contributed by atoms with Gasteiger partial charge in [0.05, 0.1) is 11.3 Å². The van der Waals surface area contributed by atoms with Crippen LogP contribution in [0.1, 0.15) is 27.3 Å². The number of thioether (sulfide) groups is 1. The van der Waals surface area contributed by atoms with Crippen LogP contribution in [-0.2, 0) is 0 Å². The first-order valence-corrected chi connectivity index (χ1v) is 10.7. The first-order chi connectivity index (χ1) is 15.2. The average molecular weight is 429 g/mol. The summed E-state index contributed by atoms with van der Waals surface area (Å²) < 4.78 is 1.74. The van der Waals surface area contributed by atoms with E-state index in [0.29, 0.717) is 23.0 Å². The summed E-state index contributed by atoms with van der Waals surface area (Å²) in [7, 11) is 0. The zero-order valence-electron chi connectivity index (χ0n) is 16.9. The lowest BCUT2D eigenvalue weighted by Gasteiger charge is -2.09. The number of carbonyl (C=O) groups is 1. The van der Waals surface area contributed by atoms with Gasteiger partial charge in [0, 0.05) is 35.8 Å². The largest absolute Gasteiger partial charge is 0.351 e. The van der Waals surface area contributed by atoms with E-state index in [-0.39, 0.29) is 5.91 Å². The van der Waals surface area contributed by atoms with E-state index < -0.39 is 0 Å². The van der Waals surface area contributed by atoms with Crippen molar-refractivity contribution in [2.45, 2.75) is 12.1 Å². The third-order valence-electron chi connectivity index (χ3n) is 4.32. The minimum atomic E-state index is -0.151. The molecule has 0 aliphatic carbocycles. The molecule has 0 fully saturated rings. The molecular formula is C23H20N6OS. The van der Waals surface area contributed by atoms with E-state index in [0.717, 1.165) is 22.6 Å². The quantitative estimate of drug-likeness (QED) is 0.280. The Kier molecular flexibility index (Phi) is 6.45. The van der Waals surface area contributed by atoms with Crippen molar-refractivity contribution in [1.29, 1.82) is 0 Å². The van der Waals surface area contributed by atoms with Gasteiger partial charge in [0.15, 0.2) is 0 Å². The lowest BCUT2D eigenvalue weighted by atomic mass is 10.1.